The van der Waals surface area contributed by atoms with Crippen LogP contribution >= 0.6 is 0 Å². The first kappa shape index (κ1) is 13.4. The van der Waals surface area contributed by atoms with Gasteiger partial charge < -0.3 is 5.11 Å². The van der Waals surface area contributed by atoms with Gasteiger partial charge in [-0.15, -0.1) is 0 Å². The number of phenolic OH excluding ortho intramolecular Hbond substituents is 1. The van der Waals surface area contributed by atoms with Gasteiger partial charge in [0.25, 0.3) is 0 Å². The maximum atomic E-state index is 9.42. The van der Waals surface area contributed by atoms with Crippen molar-refractivity contribution in [3.05, 3.63) is 89.5 Å². The van der Waals surface area contributed by atoms with Gasteiger partial charge in [0, 0.05) is 0 Å². The molecule has 0 aliphatic rings. The van der Waals surface area contributed by atoms with E-state index < -0.39 is 0 Å². The summed E-state index contributed by atoms with van der Waals surface area (Å²) in [5, 5.41) is 9.42. The largest absolute Gasteiger partial charge is 0.508 e. The molecular formula is C20H18O. The lowest BCUT2D eigenvalue weighted by atomic mass is 9.93. The highest BCUT2D eigenvalue weighted by molar-refractivity contribution is 5.69. The molecule has 3 aromatic rings. The summed E-state index contributed by atoms with van der Waals surface area (Å²) >= 11 is 0. The van der Waals surface area contributed by atoms with Crippen molar-refractivity contribution in [2.24, 2.45) is 0 Å². The van der Waals surface area contributed by atoms with Gasteiger partial charge in [-0.3, -0.25) is 0 Å². The highest BCUT2D eigenvalue weighted by Gasteiger charge is 2.07. The number of aromatic hydroxyl groups is 1. The molecule has 1 heteroatoms. The maximum Gasteiger partial charge on any atom is 0.115 e. The van der Waals surface area contributed by atoms with Crippen LogP contribution in [-0.2, 0) is 6.42 Å². The molecule has 21 heavy (non-hydrogen) atoms. The van der Waals surface area contributed by atoms with Gasteiger partial charge in [-0.2, -0.15) is 0 Å². The summed E-state index contributed by atoms with van der Waals surface area (Å²) in [4.78, 5) is 0. The van der Waals surface area contributed by atoms with Crippen LogP contribution in [0.2, 0.25) is 0 Å². The van der Waals surface area contributed by atoms with Crippen molar-refractivity contribution in [2.75, 3.05) is 0 Å². The van der Waals surface area contributed by atoms with Crippen molar-refractivity contribution in [3.8, 4) is 16.9 Å². The van der Waals surface area contributed by atoms with Crippen LogP contribution in [0.15, 0.2) is 72.8 Å². The summed E-state index contributed by atoms with van der Waals surface area (Å²) in [7, 11) is 0. The predicted molar refractivity (Wildman–Crippen MR) is 87.5 cm³/mol. The molecule has 0 amide bonds. The van der Waals surface area contributed by atoms with Gasteiger partial charge >= 0.3 is 0 Å². The van der Waals surface area contributed by atoms with E-state index in [2.05, 4.69) is 49.4 Å². The van der Waals surface area contributed by atoms with Crippen molar-refractivity contribution in [3.63, 3.8) is 0 Å². The lowest BCUT2D eigenvalue weighted by Gasteiger charge is -2.12. The average molecular weight is 274 g/mol. The van der Waals surface area contributed by atoms with Crippen molar-refractivity contribution in [2.45, 2.75) is 13.3 Å². The molecule has 0 aliphatic carbocycles. The Kier molecular flexibility index (Phi) is 3.74. The SMILES string of the molecule is Cc1c(Cc2ccccc2)cccc1-c1ccc(O)cc1. The van der Waals surface area contributed by atoms with E-state index in [1.165, 1.54) is 22.3 Å². The molecular weight excluding hydrogens is 256 g/mol. The number of hydrogen-bond donors (Lipinski definition) is 1. The first-order valence-corrected chi connectivity index (χ1v) is 7.16. The lowest BCUT2D eigenvalue weighted by molar-refractivity contribution is 0.475. The van der Waals surface area contributed by atoms with Gasteiger partial charge in [0.15, 0.2) is 0 Å². The zero-order valence-corrected chi connectivity index (χ0v) is 12.1. The van der Waals surface area contributed by atoms with E-state index in [0.717, 1.165) is 12.0 Å². The van der Waals surface area contributed by atoms with Crippen LogP contribution in [0.1, 0.15) is 16.7 Å². The highest BCUT2D eigenvalue weighted by Crippen LogP contribution is 2.28. The molecule has 1 nitrogen and oxygen atoms in total. The fourth-order valence-corrected chi connectivity index (χ4v) is 2.64. The second kappa shape index (κ2) is 5.84. The summed E-state index contributed by atoms with van der Waals surface area (Å²) in [6.45, 7) is 2.17. The molecule has 0 unspecified atom stereocenters. The lowest BCUT2D eigenvalue weighted by Crippen LogP contribution is -1.94. The standard InChI is InChI=1S/C20H18O/c1-15-18(14-16-6-3-2-4-7-16)8-5-9-20(15)17-10-12-19(21)13-11-17/h2-13,21H,14H2,1H3. The molecule has 0 saturated carbocycles. The van der Waals surface area contributed by atoms with Crippen molar-refractivity contribution >= 4 is 0 Å². The number of benzene rings is 3. The van der Waals surface area contributed by atoms with E-state index in [1.807, 2.05) is 18.2 Å². The van der Waals surface area contributed by atoms with Gasteiger partial charge in [-0.1, -0.05) is 60.7 Å². The van der Waals surface area contributed by atoms with E-state index in [9.17, 15) is 5.11 Å². The molecule has 3 rings (SSSR count). The average Bonchev–Trinajstić information content (AvgIpc) is 2.52. The molecule has 0 fully saturated rings. The van der Waals surface area contributed by atoms with Gasteiger partial charge in [0.1, 0.15) is 5.75 Å². The zero-order chi connectivity index (χ0) is 14.7. The zero-order valence-electron chi connectivity index (χ0n) is 12.1. The quantitative estimate of drug-likeness (QED) is 0.715. The first-order valence-electron chi connectivity index (χ1n) is 7.16. The van der Waals surface area contributed by atoms with E-state index in [1.54, 1.807) is 12.1 Å². The molecule has 0 spiro atoms. The third kappa shape index (κ3) is 2.97. The molecule has 0 saturated heterocycles. The third-order valence-electron chi connectivity index (χ3n) is 3.86. The molecule has 1 N–H and O–H groups in total. The summed E-state index contributed by atoms with van der Waals surface area (Å²) < 4.78 is 0. The van der Waals surface area contributed by atoms with Crippen LogP contribution in [0.3, 0.4) is 0 Å². The Morgan fingerprint density at radius 2 is 1.48 bits per heavy atom. The Morgan fingerprint density at radius 1 is 0.762 bits per heavy atom. The monoisotopic (exact) mass is 274 g/mol. The Balaban J connectivity index is 1.97. The van der Waals surface area contributed by atoms with Gasteiger partial charge in [0.05, 0.1) is 0 Å². The van der Waals surface area contributed by atoms with Gasteiger partial charge in [0.2, 0.25) is 0 Å². The molecule has 104 valence electrons. The van der Waals surface area contributed by atoms with Crippen LogP contribution in [0.4, 0.5) is 0 Å². The van der Waals surface area contributed by atoms with Gasteiger partial charge in [-0.25, -0.2) is 0 Å². The van der Waals surface area contributed by atoms with Crippen LogP contribution in [0.5, 0.6) is 5.75 Å². The van der Waals surface area contributed by atoms with Crippen LogP contribution in [0, 0.1) is 6.92 Å². The number of phenols is 1. The fourth-order valence-electron chi connectivity index (χ4n) is 2.64. The minimum absolute atomic E-state index is 0.303. The molecule has 0 aliphatic heterocycles. The smallest absolute Gasteiger partial charge is 0.115 e. The van der Waals surface area contributed by atoms with Crippen LogP contribution in [0.25, 0.3) is 11.1 Å². The second-order valence-electron chi connectivity index (χ2n) is 5.30. The number of hydrogen-bond acceptors (Lipinski definition) is 1. The Bertz CT molecular complexity index is 728. The van der Waals surface area contributed by atoms with E-state index in [0.29, 0.717) is 5.75 Å². The number of rotatable bonds is 3. The molecule has 0 heterocycles. The van der Waals surface area contributed by atoms with Crippen molar-refractivity contribution < 1.29 is 5.11 Å². The van der Waals surface area contributed by atoms with Gasteiger partial charge in [-0.05, 0) is 53.3 Å². The Hall–Kier alpha value is -2.54. The second-order valence-corrected chi connectivity index (χ2v) is 5.30. The predicted octanol–water partition coefficient (Wildman–Crippen LogP) is 4.96. The Morgan fingerprint density at radius 3 is 2.19 bits per heavy atom. The molecule has 0 radical (unpaired) electrons. The summed E-state index contributed by atoms with van der Waals surface area (Å²) in [6.07, 6.45) is 0.943. The fraction of sp³-hybridized carbons (Fsp3) is 0.100. The summed E-state index contributed by atoms with van der Waals surface area (Å²) in [6, 6.07) is 24.3. The topological polar surface area (TPSA) is 20.2 Å². The maximum absolute atomic E-state index is 9.42. The van der Waals surface area contributed by atoms with E-state index in [4.69, 9.17) is 0 Å². The Labute approximate surface area is 125 Å². The van der Waals surface area contributed by atoms with Crippen molar-refractivity contribution in [1.29, 1.82) is 0 Å². The summed E-state index contributed by atoms with van der Waals surface area (Å²) in [5.41, 5.74) is 6.32. The minimum Gasteiger partial charge on any atom is -0.508 e. The molecule has 3 aromatic carbocycles. The van der Waals surface area contributed by atoms with Crippen LogP contribution < -0.4 is 0 Å². The molecule has 0 atom stereocenters. The highest BCUT2D eigenvalue weighted by atomic mass is 16.3. The molecule has 0 aromatic heterocycles. The van der Waals surface area contributed by atoms with E-state index in [-0.39, 0.29) is 0 Å². The third-order valence-corrected chi connectivity index (χ3v) is 3.86. The first-order chi connectivity index (χ1) is 10.2. The van der Waals surface area contributed by atoms with E-state index >= 15 is 0 Å². The normalized spacial score (nSPS) is 10.5. The molecule has 0 bridgehead atoms. The minimum atomic E-state index is 0.303. The summed E-state index contributed by atoms with van der Waals surface area (Å²) in [5.74, 6) is 0.303. The van der Waals surface area contributed by atoms with Crippen molar-refractivity contribution in [1.82, 2.24) is 0 Å². The van der Waals surface area contributed by atoms with Crippen LogP contribution in [-0.4, -0.2) is 5.11 Å².